The first kappa shape index (κ1) is 16.8. The van der Waals surface area contributed by atoms with E-state index in [1.807, 2.05) is 0 Å². The van der Waals surface area contributed by atoms with Crippen molar-refractivity contribution in [3.63, 3.8) is 0 Å². The summed E-state index contributed by atoms with van der Waals surface area (Å²) in [7, 11) is 3.04. The van der Waals surface area contributed by atoms with E-state index < -0.39 is 11.6 Å². The van der Waals surface area contributed by atoms with Crippen LogP contribution in [0.2, 0.25) is 0 Å². The SMILES string of the molecule is COc1ccc([C@]2(C)NC(=O)N(Cc3cc(C)on3)C2=O)cc1OC. The highest BCUT2D eigenvalue weighted by atomic mass is 16.5. The van der Waals surface area contributed by atoms with E-state index in [0.717, 1.165) is 4.90 Å². The first-order valence-electron chi connectivity index (χ1n) is 7.68. The Morgan fingerprint density at radius 3 is 2.52 bits per heavy atom. The van der Waals surface area contributed by atoms with Crippen molar-refractivity contribution in [3.8, 4) is 11.5 Å². The Hall–Kier alpha value is -3.03. The van der Waals surface area contributed by atoms with E-state index in [1.165, 1.54) is 14.2 Å². The topological polar surface area (TPSA) is 93.9 Å². The highest BCUT2D eigenvalue weighted by molar-refractivity contribution is 6.07. The molecule has 0 radical (unpaired) electrons. The monoisotopic (exact) mass is 345 g/mol. The third kappa shape index (κ3) is 2.79. The van der Waals surface area contributed by atoms with Crippen molar-refractivity contribution in [3.05, 3.63) is 41.3 Å². The van der Waals surface area contributed by atoms with E-state index in [4.69, 9.17) is 14.0 Å². The molecule has 132 valence electrons. The average Bonchev–Trinajstić information content (AvgIpc) is 3.11. The second-order valence-electron chi connectivity index (χ2n) is 5.95. The molecular formula is C17H19N3O5. The molecule has 1 aliphatic heterocycles. The first-order chi connectivity index (χ1) is 11.9. The van der Waals surface area contributed by atoms with E-state index in [2.05, 4.69) is 10.5 Å². The van der Waals surface area contributed by atoms with Gasteiger partial charge in [0, 0.05) is 6.07 Å². The minimum atomic E-state index is -1.20. The van der Waals surface area contributed by atoms with Gasteiger partial charge in [0.25, 0.3) is 5.91 Å². The third-order valence-corrected chi connectivity index (χ3v) is 4.23. The normalized spacial score (nSPS) is 19.9. The number of aromatic nitrogens is 1. The molecule has 0 aliphatic carbocycles. The van der Waals surface area contributed by atoms with Crippen LogP contribution in [0.5, 0.6) is 11.5 Å². The van der Waals surface area contributed by atoms with Crippen molar-refractivity contribution >= 4 is 11.9 Å². The molecule has 8 nitrogen and oxygen atoms in total. The molecule has 1 N–H and O–H groups in total. The van der Waals surface area contributed by atoms with Crippen molar-refractivity contribution in [2.45, 2.75) is 25.9 Å². The molecule has 1 saturated heterocycles. The molecule has 8 heteroatoms. The number of urea groups is 1. The molecule has 3 rings (SSSR count). The number of aryl methyl sites for hydroxylation is 1. The zero-order valence-corrected chi connectivity index (χ0v) is 14.5. The lowest BCUT2D eigenvalue weighted by Crippen LogP contribution is -2.40. The van der Waals surface area contributed by atoms with Crippen LogP contribution >= 0.6 is 0 Å². The summed E-state index contributed by atoms with van der Waals surface area (Å²) in [5.74, 6) is 1.27. The van der Waals surface area contributed by atoms with E-state index in [1.54, 1.807) is 38.1 Å². The lowest BCUT2D eigenvalue weighted by atomic mass is 9.91. The Bertz CT molecular complexity index is 831. The van der Waals surface area contributed by atoms with Gasteiger partial charge in [-0.3, -0.25) is 9.69 Å². The van der Waals surface area contributed by atoms with Crippen molar-refractivity contribution < 1.29 is 23.6 Å². The van der Waals surface area contributed by atoms with Gasteiger partial charge in [0.2, 0.25) is 0 Å². The maximum Gasteiger partial charge on any atom is 0.325 e. The molecule has 1 fully saturated rings. The van der Waals surface area contributed by atoms with Crippen LogP contribution in [0.4, 0.5) is 4.79 Å². The molecule has 0 bridgehead atoms. The summed E-state index contributed by atoms with van der Waals surface area (Å²) in [5.41, 5.74) is -0.0880. The predicted octanol–water partition coefficient (Wildman–Crippen LogP) is 1.97. The minimum Gasteiger partial charge on any atom is -0.493 e. The largest absolute Gasteiger partial charge is 0.493 e. The second kappa shape index (κ2) is 6.12. The Morgan fingerprint density at radius 2 is 1.92 bits per heavy atom. The van der Waals surface area contributed by atoms with E-state index in [9.17, 15) is 9.59 Å². The second-order valence-corrected chi connectivity index (χ2v) is 5.95. The number of benzene rings is 1. The van der Waals surface area contributed by atoms with E-state index >= 15 is 0 Å². The Morgan fingerprint density at radius 1 is 1.20 bits per heavy atom. The van der Waals surface area contributed by atoms with Gasteiger partial charge < -0.3 is 19.3 Å². The fourth-order valence-electron chi connectivity index (χ4n) is 2.84. The van der Waals surface area contributed by atoms with Gasteiger partial charge in [-0.2, -0.15) is 0 Å². The molecule has 1 aromatic carbocycles. The van der Waals surface area contributed by atoms with Gasteiger partial charge in [0.05, 0.1) is 20.8 Å². The van der Waals surface area contributed by atoms with Gasteiger partial charge in [0.15, 0.2) is 11.5 Å². The molecule has 2 aromatic rings. The predicted molar refractivity (Wildman–Crippen MR) is 87.2 cm³/mol. The number of methoxy groups -OCH3 is 2. The lowest BCUT2D eigenvalue weighted by molar-refractivity contribution is -0.131. The van der Waals surface area contributed by atoms with Gasteiger partial charge in [-0.1, -0.05) is 11.2 Å². The smallest absolute Gasteiger partial charge is 0.325 e. The Kier molecular flexibility index (Phi) is 4.12. The van der Waals surface area contributed by atoms with Gasteiger partial charge >= 0.3 is 6.03 Å². The number of hydrogen-bond donors (Lipinski definition) is 1. The van der Waals surface area contributed by atoms with Crippen LogP contribution in [0, 0.1) is 6.92 Å². The van der Waals surface area contributed by atoms with Gasteiger partial charge in [0.1, 0.15) is 17.0 Å². The summed E-state index contributed by atoms with van der Waals surface area (Å²) < 4.78 is 15.5. The number of rotatable bonds is 5. The van der Waals surface area contributed by atoms with Crippen LogP contribution in [-0.4, -0.2) is 36.2 Å². The van der Waals surface area contributed by atoms with Crippen molar-refractivity contribution in [1.29, 1.82) is 0 Å². The summed E-state index contributed by atoms with van der Waals surface area (Å²) in [4.78, 5) is 26.4. The fourth-order valence-corrected chi connectivity index (χ4v) is 2.84. The zero-order chi connectivity index (χ0) is 18.2. The highest BCUT2D eigenvalue weighted by Gasteiger charge is 2.49. The van der Waals surface area contributed by atoms with E-state index in [0.29, 0.717) is 28.5 Å². The third-order valence-electron chi connectivity index (χ3n) is 4.23. The first-order valence-corrected chi connectivity index (χ1v) is 7.68. The van der Waals surface area contributed by atoms with Crippen molar-refractivity contribution in [2.75, 3.05) is 14.2 Å². The van der Waals surface area contributed by atoms with Crippen LogP contribution in [0.15, 0.2) is 28.8 Å². The fraction of sp³-hybridized carbons (Fsp3) is 0.353. The van der Waals surface area contributed by atoms with Gasteiger partial charge in [-0.25, -0.2) is 4.79 Å². The van der Waals surface area contributed by atoms with E-state index in [-0.39, 0.29) is 12.5 Å². The summed E-state index contributed by atoms with van der Waals surface area (Å²) in [6, 6.07) is 6.31. The number of hydrogen-bond acceptors (Lipinski definition) is 6. The summed E-state index contributed by atoms with van der Waals surface area (Å²) in [6.45, 7) is 3.45. The molecule has 1 atom stereocenters. The maximum absolute atomic E-state index is 12.9. The van der Waals surface area contributed by atoms with Crippen LogP contribution < -0.4 is 14.8 Å². The van der Waals surface area contributed by atoms with Crippen LogP contribution in [-0.2, 0) is 16.9 Å². The molecule has 25 heavy (non-hydrogen) atoms. The average molecular weight is 345 g/mol. The van der Waals surface area contributed by atoms with Crippen LogP contribution in [0.1, 0.15) is 23.9 Å². The standard InChI is InChI=1S/C17H19N3O5/c1-10-7-12(19-25-10)9-20-15(21)17(2,18-16(20)22)11-5-6-13(23-3)14(8-11)24-4/h5-8H,9H2,1-4H3,(H,18,22)/t17-/m0/s1. The minimum absolute atomic E-state index is 0.0465. The number of nitrogens with one attached hydrogen (secondary N) is 1. The van der Waals surface area contributed by atoms with Crippen LogP contribution in [0.25, 0.3) is 0 Å². The summed E-state index contributed by atoms with van der Waals surface area (Å²) in [6.07, 6.45) is 0. The molecule has 0 saturated carbocycles. The molecule has 2 heterocycles. The lowest BCUT2D eigenvalue weighted by Gasteiger charge is -2.23. The Balaban J connectivity index is 1.91. The molecule has 0 spiro atoms. The zero-order valence-electron chi connectivity index (χ0n) is 14.5. The van der Waals surface area contributed by atoms with Gasteiger partial charge in [-0.05, 0) is 31.5 Å². The van der Waals surface area contributed by atoms with Crippen molar-refractivity contribution in [2.24, 2.45) is 0 Å². The molecule has 3 amide bonds. The number of ether oxygens (including phenoxy) is 2. The number of nitrogens with zero attached hydrogens (tertiary/aromatic N) is 2. The van der Waals surface area contributed by atoms with Crippen LogP contribution in [0.3, 0.4) is 0 Å². The number of carbonyl (C=O) groups is 2. The Labute approximate surface area is 144 Å². The molecular weight excluding hydrogens is 326 g/mol. The maximum atomic E-state index is 12.9. The molecule has 1 aliphatic rings. The number of amides is 3. The highest BCUT2D eigenvalue weighted by Crippen LogP contribution is 2.35. The quantitative estimate of drug-likeness (QED) is 0.833. The summed E-state index contributed by atoms with van der Waals surface area (Å²) in [5, 5.41) is 6.58. The molecule has 1 aromatic heterocycles. The molecule has 0 unspecified atom stereocenters. The van der Waals surface area contributed by atoms with Gasteiger partial charge in [-0.15, -0.1) is 0 Å². The number of carbonyl (C=O) groups excluding carboxylic acids is 2. The summed E-state index contributed by atoms with van der Waals surface area (Å²) >= 11 is 0. The number of imide groups is 1. The van der Waals surface area contributed by atoms with Crippen molar-refractivity contribution in [1.82, 2.24) is 15.4 Å².